The first-order chi connectivity index (χ1) is 13.0. The molecule has 0 N–H and O–H groups in total. The van der Waals surface area contributed by atoms with Gasteiger partial charge in [0.2, 0.25) is 15.9 Å². The molecule has 3 heterocycles. The molecule has 3 aromatic rings. The summed E-state index contributed by atoms with van der Waals surface area (Å²) in [5.41, 5.74) is 0.440. The largest absolute Gasteiger partial charge is 0.420 e. The fraction of sp³-hybridized carbons (Fsp3) is 0.333. The number of hydrogen-bond acceptors (Lipinski definition) is 6. The molecule has 2 aromatic heterocycles. The molecule has 1 saturated heterocycles. The van der Waals surface area contributed by atoms with E-state index in [0.717, 1.165) is 11.3 Å². The monoisotopic (exact) mass is 407 g/mol. The van der Waals surface area contributed by atoms with Crippen LogP contribution >= 0.6 is 11.3 Å². The number of piperidine rings is 1. The molecule has 0 radical (unpaired) electrons. The second kappa shape index (κ2) is 7.49. The first-order valence-electron chi connectivity index (χ1n) is 8.61. The predicted molar refractivity (Wildman–Crippen MR) is 100 cm³/mol. The van der Waals surface area contributed by atoms with Crippen molar-refractivity contribution in [3.05, 3.63) is 59.0 Å². The highest BCUT2D eigenvalue weighted by atomic mass is 32.2. The molecule has 1 aliphatic rings. The van der Waals surface area contributed by atoms with Crippen molar-refractivity contribution in [2.45, 2.75) is 24.5 Å². The number of aromatic nitrogens is 2. The quantitative estimate of drug-likeness (QED) is 0.645. The van der Waals surface area contributed by atoms with Gasteiger partial charge in [0.15, 0.2) is 0 Å². The van der Waals surface area contributed by atoms with Gasteiger partial charge in [0.25, 0.3) is 5.89 Å². The third kappa shape index (κ3) is 4.10. The maximum atomic E-state index is 13.4. The Morgan fingerprint density at radius 2 is 2.15 bits per heavy atom. The lowest BCUT2D eigenvalue weighted by Crippen LogP contribution is -2.39. The lowest BCUT2D eigenvalue weighted by molar-refractivity contribution is 0.286. The van der Waals surface area contributed by atoms with E-state index in [1.165, 1.54) is 33.8 Å². The Kier molecular flexibility index (Phi) is 5.07. The van der Waals surface area contributed by atoms with Gasteiger partial charge in [-0.2, -0.15) is 0 Å². The highest BCUT2D eigenvalue weighted by Gasteiger charge is 2.32. The zero-order valence-electron chi connectivity index (χ0n) is 14.4. The number of thiophene rings is 1. The number of hydrogen-bond donors (Lipinski definition) is 0. The van der Waals surface area contributed by atoms with E-state index in [9.17, 15) is 12.8 Å². The standard InChI is InChI=1S/C18H18FN3O3S2/c19-15-6-1-4-13(10-15)12-27(23,24)22-8-2-5-14(11-22)17-20-21-18(25-17)16-7-3-9-26-16/h1,3-4,6-7,9-10,14H,2,5,8,11-12H2. The van der Waals surface area contributed by atoms with Crippen LogP contribution in [0.15, 0.2) is 46.2 Å². The maximum absolute atomic E-state index is 13.4. The number of halogens is 1. The Hall–Kier alpha value is -2.10. The van der Waals surface area contributed by atoms with Gasteiger partial charge < -0.3 is 4.42 Å². The van der Waals surface area contributed by atoms with Gasteiger partial charge in [0, 0.05) is 13.1 Å². The summed E-state index contributed by atoms with van der Waals surface area (Å²) < 4.78 is 46.1. The molecule has 1 atom stereocenters. The van der Waals surface area contributed by atoms with E-state index < -0.39 is 15.8 Å². The van der Waals surface area contributed by atoms with Crippen LogP contribution in [0.2, 0.25) is 0 Å². The van der Waals surface area contributed by atoms with Gasteiger partial charge in [0.1, 0.15) is 5.82 Å². The SMILES string of the molecule is O=S(=O)(Cc1cccc(F)c1)N1CCCC(c2nnc(-c3cccs3)o2)C1. The average molecular weight is 407 g/mol. The lowest BCUT2D eigenvalue weighted by Gasteiger charge is -2.30. The van der Waals surface area contributed by atoms with Crippen molar-refractivity contribution in [1.29, 1.82) is 0 Å². The summed E-state index contributed by atoms with van der Waals surface area (Å²) in [6, 6.07) is 9.50. The second-order valence-electron chi connectivity index (χ2n) is 6.51. The van der Waals surface area contributed by atoms with Crippen LogP contribution in [0.25, 0.3) is 10.8 Å². The van der Waals surface area contributed by atoms with Crippen LogP contribution in [-0.2, 0) is 15.8 Å². The second-order valence-corrected chi connectivity index (χ2v) is 9.42. The molecule has 1 aromatic carbocycles. The van der Waals surface area contributed by atoms with Gasteiger partial charge >= 0.3 is 0 Å². The van der Waals surface area contributed by atoms with E-state index >= 15 is 0 Å². The molecular formula is C18H18FN3O3S2. The summed E-state index contributed by atoms with van der Waals surface area (Å²) in [4.78, 5) is 0.889. The minimum Gasteiger partial charge on any atom is -0.420 e. The molecule has 1 unspecified atom stereocenters. The molecule has 6 nitrogen and oxygen atoms in total. The van der Waals surface area contributed by atoms with E-state index in [0.29, 0.717) is 36.9 Å². The smallest absolute Gasteiger partial charge is 0.257 e. The van der Waals surface area contributed by atoms with Gasteiger partial charge in [-0.3, -0.25) is 0 Å². The van der Waals surface area contributed by atoms with Gasteiger partial charge in [0.05, 0.1) is 16.5 Å². The zero-order chi connectivity index (χ0) is 18.9. The van der Waals surface area contributed by atoms with Crippen molar-refractivity contribution in [1.82, 2.24) is 14.5 Å². The fourth-order valence-corrected chi connectivity index (χ4v) is 5.47. The van der Waals surface area contributed by atoms with Gasteiger partial charge in [-0.25, -0.2) is 17.1 Å². The number of benzene rings is 1. The third-order valence-corrected chi connectivity index (χ3v) is 7.21. The normalized spacial score (nSPS) is 18.6. The Morgan fingerprint density at radius 3 is 2.93 bits per heavy atom. The molecule has 1 aliphatic heterocycles. The van der Waals surface area contributed by atoms with Crippen molar-refractivity contribution in [3.8, 4) is 10.8 Å². The van der Waals surface area contributed by atoms with Crippen molar-refractivity contribution in [3.63, 3.8) is 0 Å². The van der Waals surface area contributed by atoms with Crippen LogP contribution in [-0.4, -0.2) is 36.0 Å². The number of sulfonamides is 1. The molecule has 27 heavy (non-hydrogen) atoms. The zero-order valence-corrected chi connectivity index (χ0v) is 16.0. The van der Waals surface area contributed by atoms with Crippen molar-refractivity contribution in [2.24, 2.45) is 0 Å². The molecule has 142 valence electrons. The minimum absolute atomic E-state index is 0.137. The molecule has 0 spiro atoms. The summed E-state index contributed by atoms with van der Waals surface area (Å²) in [6.45, 7) is 0.740. The summed E-state index contributed by atoms with van der Waals surface area (Å²) in [7, 11) is -3.55. The molecule has 9 heteroatoms. The molecule has 0 amide bonds. The Morgan fingerprint density at radius 1 is 1.26 bits per heavy atom. The summed E-state index contributed by atoms with van der Waals surface area (Å²) in [5.74, 6) is 0.124. The molecule has 4 rings (SSSR count). The number of rotatable bonds is 5. The van der Waals surface area contributed by atoms with E-state index in [1.807, 2.05) is 17.5 Å². The highest BCUT2D eigenvalue weighted by molar-refractivity contribution is 7.88. The first-order valence-corrected chi connectivity index (χ1v) is 11.1. The summed E-state index contributed by atoms with van der Waals surface area (Å²) in [6.07, 6.45) is 1.50. The molecule has 1 fully saturated rings. The van der Waals surface area contributed by atoms with Crippen LogP contribution in [0.3, 0.4) is 0 Å². The summed E-state index contributed by atoms with van der Waals surface area (Å²) in [5, 5.41) is 10.1. The predicted octanol–water partition coefficient (Wildman–Crippen LogP) is 3.65. The topological polar surface area (TPSA) is 76.3 Å². The Bertz CT molecular complexity index is 1020. The van der Waals surface area contributed by atoms with Gasteiger partial charge in [-0.05, 0) is 42.0 Å². The van der Waals surface area contributed by atoms with E-state index in [-0.39, 0.29) is 11.7 Å². The fourth-order valence-electron chi connectivity index (χ4n) is 3.22. The average Bonchev–Trinajstić information content (AvgIpc) is 3.33. The van der Waals surface area contributed by atoms with Gasteiger partial charge in [-0.15, -0.1) is 21.5 Å². The molecular weight excluding hydrogens is 389 g/mol. The molecule has 0 bridgehead atoms. The van der Waals surface area contributed by atoms with Crippen molar-refractivity contribution < 1.29 is 17.2 Å². The van der Waals surface area contributed by atoms with Crippen molar-refractivity contribution >= 4 is 21.4 Å². The van der Waals surface area contributed by atoms with E-state index in [1.54, 1.807) is 6.07 Å². The summed E-state index contributed by atoms with van der Waals surface area (Å²) >= 11 is 1.51. The van der Waals surface area contributed by atoms with Crippen LogP contribution in [0.5, 0.6) is 0 Å². The molecule has 0 aliphatic carbocycles. The van der Waals surface area contributed by atoms with Crippen LogP contribution in [0, 0.1) is 5.82 Å². The third-order valence-electron chi connectivity index (χ3n) is 4.54. The molecule has 0 saturated carbocycles. The van der Waals surface area contributed by atoms with Crippen molar-refractivity contribution in [2.75, 3.05) is 13.1 Å². The van der Waals surface area contributed by atoms with Crippen LogP contribution in [0.1, 0.15) is 30.2 Å². The Labute approximate surface area is 160 Å². The Balaban J connectivity index is 1.49. The maximum Gasteiger partial charge on any atom is 0.257 e. The van der Waals surface area contributed by atoms with E-state index in [2.05, 4.69) is 10.2 Å². The van der Waals surface area contributed by atoms with Crippen LogP contribution < -0.4 is 0 Å². The van der Waals surface area contributed by atoms with Crippen LogP contribution in [0.4, 0.5) is 4.39 Å². The first kappa shape index (κ1) is 18.3. The highest BCUT2D eigenvalue weighted by Crippen LogP contribution is 2.31. The lowest BCUT2D eigenvalue weighted by atomic mass is 10.00. The number of nitrogens with zero attached hydrogens (tertiary/aromatic N) is 3. The minimum atomic E-state index is -3.55. The van der Waals surface area contributed by atoms with Gasteiger partial charge in [-0.1, -0.05) is 18.2 Å². The van der Waals surface area contributed by atoms with E-state index in [4.69, 9.17) is 4.42 Å².